The van der Waals surface area contributed by atoms with Crippen molar-refractivity contribution in [3.63, 3.8) is 0 Å². The van der Waals surface area contributed by atoms with E-state index in [0.717, 1.165) is 34.4 Å². The number of hydrogen-bond acceptors (Lipinski definition) is 6. The third-order valence-corrected chi connectivity index (χ3v) is 5.92. The Morgan fingerprint density at radius 3 is 2.75 bits per heavy atom. The minimum atomic E-state index is -0.157. The van der Waals surface area contributed by atoms with Crippen LogP contribution in [0.5, 0.6) is 0 Å². The van der Waals surface area contributed by atoms with Crippen molar-refractivity contribution in [3.8, 4) is 11.3 Å². The number of amides is 1. The molecule has 0 saturated heterocycles. The van der Waals surface area contributed by atoms with Crippen LogP contribution in [0.25, 0.3) is 16.9 Å². The molecular weight excluding hydrogens is 496 g/mol. The van der Waals surface area contributed by atoms with Gasteiger partial charge >= 0.3 is 0 Å². The highest BCUT2D eigenvalue weighted by Crippen LogP contribution is 2.30. The molecule has 0 radical (unpaired) electrons. The minimum absolute atomic E-state index is 0.157. The van der Waals surface area contributed by atoms with Crippen LogP contribution in [0.1, 0.15) is 34.7 Å². The third-order valence-electron chi connectivity index (χ3n) is 5.03. The molecule has 1 amide bonds. The van der Waals surface area contributed by atoms with E-state index in [1.165, 1.54) is 0 Å². The van der Waals surface area contributed by atoms with Crippen LogP contribution >= 0.6 is 27.5 Å². The van der Waals surface area contributed by atoms with Gasteiger partial charge in [-0.25, -0.2) is 4.98 Å². The van der Waals surface area contributed by atoms with Crippen LogP contribution in [0.3, 0.4) is 0 Å². The molecule has 0 saturated carbocycles. The van der Waals surface area contributed by atoms with Crippen molar-refractivity contribution in [2.24, 2.45) is 0 Å². The number of hydrogen-bond donors (Lipinski definition) is 2. The normalized spacial score (nSPS) is 11.1. The van der Waals surface area contributed by atoms with Crippen molar-refractivity contribution >= 4 is 44.9 Å². The number of fused-ring (bicyclic) bond motifs is 1. The van der Waals surface area contributed by atoms with E-state index in [0.29, 0.717) is 40.8 Å². The number of nitrogens with one attached hydrogen (secondary N) is 2. The number of nitrogens with zero attached hydrogens (tertiary/aromatic N) is 4. The molecule has 2 N–H and O–H groups in total. The smallest absolute Gasteiger partial charge is 0.256 e. The average Bonchev–Trinajstić information content (AvgIpc) is 3.32. The van der Waals surface area contributed by atoms with Crippen molar-refractivity contribution in [1.29, 1.82) is 0 Å². The number of aromatic nitrogens is 4. The van der Waals surface area contributed by atoms with Crippen LogP contribution in [0.4, 0.5) is 5.82 Å². The molecule has 8 nitrogen and oxygen atoms in total. The van der Waals surface area contributed by atoms with Gasteiger partial charge in [-0.05, 0) is 48.7 Å². The van der Waals surface area contributed by atoms with E-state index in [1.54, 1.807) is 24.6 Å². The van der Waals surface area contributed by atoms with Gasteiger partial charge in [-0.2, -0.15) is 9.61 Å². The van der Waals surface area contributed by atoms with Gasteiger partial charge in [0.05, 0.1) is 22.1 Å². The molecule has 0 bridgehead atoms. The molecule has 32 heavy (non-hydrogen) atoms. The summed E-state index contributed by atoms with van der Waals surface area (Å²) in [7, 11) is 0. The number of anilines is 1. The maximum atomic E-state index is 12.3. The lowest BCUT2D eigenvalue weighted by Crippen LogP contribution is -2.25. The van der Waals surface area contributed by atoms with Crippen LogP contribution < -0.4 is 10.6 Å². The Balaban J connectivity index is 1.38. The Bertz CT molecular complexity index is 1250. The monoisotopic (exact) mass is 516 g/mol. The Morgan fingerprint density at radius 2 is 2.00 bits per heavy atom. The summed E-state index contributed by atoms with van der Waals surface area (Å²) >= 11 is 9.89. The summed E-state index contributed by atoms with van der Waals surface area (Å²) in [5, 5.41) is 15.2. The summed E-state index contributed by atoms with van der Waals surface area (Å²) in [6.45, 7) is 4.77. The summed E-state index contributed by atoms with van der Waals surface area (Å²) < 4.78 is 7.61. The summed E-state index contributed by atoms with van der Waals surface area (Å²) in [6.07, 6.45) is 3.39. The Labute approximate surface area is 198 Å². The molecule has 10 heteroatoms. The second kappa shape index (κ2) is 9.70. The predicted octanol–water partition coefficient (Wildman–Crippen LogP) is 5.04. The standard InChI is InChI=1S/C22H22BrClN6O2/c1-13-20(14(2)32-29-13)22(31)26-10-6-5-9-25-19-11-18(15-7-3-4-8-17(15)24)28-21-16(23)12-27-30(19)21/h3-4,7-8,11-12,25H,5-6,9-10H2,1-2H3,(H,26,31). The quantitative estimate of drug-likeness (QED) is 0.318. The molecule has 0 fully saturated rings. The Morgan fingerprint density at radius 1 is 1.22 bits per heavy atom. The maximum Gasteiger partial charge on any atom is 0.256 e. The number of benzene rings is 1. The molecule has 4 aromatic rings. The van der Waals surface area contributed by atoms with E-state index in [1.807, 2.05) is 30.3 Å². The molecule has 3 aromatic heterocycles. The van der Waals surface area contributed by atoms with Crippen LogP contribution in [-0.4, -0.2) is 38.8 Å². The number of carbonyl (C=O) groups is 1. The van der Waals surface area contributed by atoms with Gasteiger partial charge in [-0.3, -0.25) is 4.79 Å². The largest absolute Gasteiger partial charge is 0.370 e. The van der Waals surface area contributed by atoms with E-state index in [2.05, 4.69) is 36.8 Å². The molecule has 166 valence electrons. The van der Waals surface area contributed by atoms with Crippen molar-refractivity contribution in [1.82, 2.24) is 25.1 Å². The second-order valence-corrected chi connectivity index (χ2v) is 8.58. The first-order valence-electron chi connectivity index (χ1n) is 10.2. The van der Waals surface area contributed by atoms with Crippen LogP contribution in [0.15, 0.2) is 45.5 Å². The number of aryl methyl sites for hydroxylation is 2. The SMILES string of the molecule is Cc1noc(C)c1C(=O)NCCCCNc1cc(-c2ccccc2Cl)nc2c(Br)cnn12. The fourth-order valence-corrected chi connectivity index (χ4v) is 4.01. The topological polar surface area (TPSA) is 97.3 Å². The van der Waals surface area contributed by atoms with Gasteiger partial charge in [0, 0.05) is 29.7 Å². The molecule has 0 aliphatic heterocycles. The van der Waals surface area contributed by atoms with Crippen molar-refractivity contribution in [2.75, 3.05) is 18.4 Å². The van der Waals surface area contributed by atoms with Crippen LogP contribution in [0.2, 0.25) is 5.02 Å². The van der Waals surface area contributed by atoms with Gasteiger partial charge < -0.3 is 15.2 Å². The third kappa shape index (κ3) is 4.63. The number of halogens is 2. The summed E-state index contributed by atoms with van der Waals surface area (Å²) in [4.78, 5) is 17.0. The van der Waals surface area contributed by atoms with Crippen molar-refractivity contribution < 1.29 is 9.32 Å². The Hall–Kier alpha value is -2.91. The average molecular weight is 518 g/mol. The molecule has 1 aromatic carbocycles. The van der Waals surface area contributed by atoms with Gasteiger partial charge in [0.15, 0.2) is 5.65 Å². The lowest BCUT2D eigenvalue weighted by Gasteiger charge is -2.12. The molecule has 0 unspecified atom stereocenters. The molecule has 0 atom stereocenters. The molecule has 3 heterocycles. The van der Waals surface area contributed by atoms with E-state index in [4.69, 9.17) is 21.1 Å². The zero-order valence-electron chi connectivity index (χ0n) is 17.7. The summed E-state index contributed by atoms with van der Waals surface area (Å²) in [5.74, 6) is 1.19. The molecular formula is C22H22BrClN6O2. The fraction of sp³-hybridized carbons (Fsp3) is 0.273. The first kappa shape index (κ1) is 22.3. The van der Waals surface area contributed by atoms with Gasteiger partial charge in [0.25, 0.3) is 5.91 Å². The van der Waals surface area contributed by atoms with Gasteiger partial charge in [0.2, 0.25) is 0 Å². The van der Waals surface area contributed by atoms with Crippen molar-refractivity contribution in [2.45, 2.75) is 26.7 Å². The first-order valence-corrected chi connectivity index (χ1v) is 11.4. The minimum Gasteiger partial charge on any atom is -0.370 e. The summed E-state index contributed by atoms with van der Waals surface area (Å²) in [5.41, 5.74) is 3.44. The highest BCUT2D eigenvalue weighted by Gasteiger charge is 2.17. The van der Waals surface area contributed by atoms with E-state index in [9.17, 15) is 4.79 Å². The highest BCUT2D eigenvalue weighted by molar-refractivity contribution is 9.10. The van der Waals surface area contributed by atoms with Crippen LogP contribution in [-0.2, 0) is 0 Å². The lowest BCUT2D eigenvalue weighted by molar-refractivity contribution is 0.0951. The van der Waals surface area contributed by atoms with Crippen LogP contribution in [0, 0.1) is 13.8 Å². The number of rotatable bonds is 8. The zero-order chi connectivity index (χ0) is 22.7. The summed E-state index contributed by atoms with van der Waals surface area (Å²) in [6, 6.07) is 9.55. The molecule has 4 rings (SSSR count). The molecule has 0 aliphatic carbocycles. The maximum absolute atomic E-state index is 12.3. The second-order valence-electron chi connectivity index (χ2n) is 7.32. The van der Waals surface area contributed by atoms with E-state index < -0.39 is 0 Å². The van der Waals surface area contributed by atoms with E-state index in [-0.39, 0.29) is 5.91 Å². The van der Waals surface area contributed by atoms with Gasteiger partial charge in [-0.1, -0.05) is 35.0 Å². The highest BCUT2D eigenvalue weighted by atomic mass is 79.9. The van der Waals surface area contributed by atoms with Gasteiger partial charge in [-0.15, -0.1) is 0 Å². The first-order chi connectivity index (χ1) is 15.5. The van der Waals surface area contributed by atoms with Gasteiger partial charge in [0.1, 0.15) is 17.1 Å². The number of unbranched alkanes of at least 4 members (excludes halogenated alkanes) is 1. The lowest BCUT2D eigenvalue weighted by atomic mass is 10.1. The van der Waals surface area contributed by atoms with Crippen molar-refractivity contribution in [3.05, 3.63) is 63.0 Å². The fourth-order valence-electron chi connectivity index (χ4n) is 3.43. The predicted molar refractivity (Wildman–Crippen MR) is 127 cm³/mol. The zero-order valence-corrected chi connectivity index (χ0v) is 20.0. The molecule has 0 spiro atoms. The number of carbonyl (C=O) groups excluding carboxylic acids is 1. The molecule has 0 aliphatic rings. The Kier molecular flexibility index (Phi) is 6.76. The van der Waals surface area contributed by atoms with E-state index >= 15 is 0 Å².